The highest BCUT2D eigenvalue weighted by molar-refractivity contribution is 9.10. The Morgan fingerprint density at radius 3 is 2.07 bits per heavy atom. The molecule has 3 aromatic rings. The number of halogens is 1. The number of carbonyl (C=O) groups is 2. The monoisotopic (exact) mass is 667 g/mol. The molecular weight excluding hydrogens is 626 g/mol. The average Bonchev–Trinajstić information content (AvgIpc) is 2.99. The van der Waals surface area contributed by atoms with Crippen LogP contribution in [-0.4, -0.2) is 43.8 Å². The van der Waals surface area contributed by atoms with Crippen LogP contribution >= 0.6 is 15.9 Å². The highest BCUT2D eigenvalue weighted by atomic mass is 79.9. The van der Waals surface area contributed by atoms with Crippen LogP contribution in [0.2, 0.25) is 0 Å². The Morgan fingerprint density at radius 1 is 0.884 bits per heavy atom. The number of anilines is 1. The van der Waals surface area contributed by atoms with Crippen molar-refractivity contribution in [2.24, 2.45) is 0 Å². The second-order valence-corrected chi connectivity index (χ2v) is 14.5. The van der Waals surface area contributed by atoms with Gasteiger partial charge in [-0.05, 0) is 80.1 Å². The van der Waals surface area contributed by atoms with Gasteiger partial charge in [0.05, 0.1) is 10.6 Å². The summed E-state index contributed by atoms with van der Waals surface area (Å²) in [5.74, 6) is -0.424. The van der Waals surface area contributed by atoms with Gasteiger partial charge in [0.15, 0.2) is 0 Å². The Balaban J connectivity index is 1.68. The van der Waals surface area contributed by atoms with Crippen LogP contribution in [0, 0.1) is 6.92 Å². The van der Waals surface area contributed by atoms with Crippen LogP contribution in [0.3, 0.4) is 0 Å². The van der Waals surface area contributed by atoms with E-state index in [1.54, 1.807) is 43.3 Å². The Hall–Kier alpha value is -3.17. The third kappa shape index (κ3) is 8.48. The molecule has 230 valence electrons. The maximum atomic E-state index is 14.2. The standard InChI is InChI=1S/C34H42BrN3O4S/c1-24(2)28-14-18-31(19-15-28)38(43(41,42)32-20-10-25(3)11-21-32)23-33(39)37(22-27-12-16-29(35)17-13-27)26(4)34(40)36-30-8-6-5-7-9-30/h10-21,24,26,30H,5-9,22-23H2,1-4H3,(H,36,40). The van der Waals surface area contributed by atoms with E-state index < -0.39 is 28.5 Å². The van der Waals surface area contributed by atoms with Crippen LogP contribution in [0.1, 0.15) is 75.5 Å². The Kier molecular flexibility index (Phi) is 11.1. The van der Waals surface area contributed by atoms with Crippen molar-refractivity contribution in [2.75, 3.05) is 10.8 Å². The summed E-state index contributed by atoms with van der Waals surface area (Å²) in [6.45, 7) is 7.45. The maximum absolute atomic E-state index is 14.2. The van der Waals surface area contributed by atoms with Crippen LogP contribution in [0.4, 0.5) is 5.69 Å². The largest absolute Gasteiger partial charge is 0.352 e. The Labute approximate surface area is 264 Å². The molecule has 0 spiro atoms. The van der Waals surface area contributed by atoms with E-state index in [4.69, 9.17) is 0 Å². The topological polar surface area (TPSA) is 86.8 Å². The number of amides is 2. The third-order valence-electron chi connectivity index (χ3n) is 8.12. The zero-order chi connectivity index (χ0) is 31.1. The van der Waals surface area contributed by atoms with E-state index in [1.165, 1.54) is 11.3 Å². The second-order valence-electron chi connectivity index (χ2n) is 11.7. The first-order valence-electron chi connectivity index (χ1n) is 15.0. The lowest BCUT2D eigenvalue weighted by Gasteiger charge is -2.33. The summed E-state index contributed by atoms with van der Waals surface area (Å²) in [6.07, 6.45) is 5.16. The van der Waals surface area contributed by atoms with Crippen molar-refractivity contribution in [2.45, 2.75) is 89.2 Å². The summed E-state index contributed by atoms with van der Waals surface area (Å²) >= 11 is 3.45. The Morgan fingerprint density at radius 2 is 1.49 bits per heavy atom. The summed E-state index contributed by atoms with van der Waals surface area (Å²) < 4.78 is 30.2. The lowest BCUT2D eigenvalue weighted by atomic mass is 9.95. The lowest BCUT2D eigenvalue weighted by molar-refractivity contribution is -0.139. The molecule has 0 aliphatic heterocycles. The molecule has 7 nitrogen and oxygen atoms in total. The number of aryl methyl sites for hydroxylation is 1. The molecule has 1 atom stereocenters. The minimum Gasteiger partial charge on any atom is -0.352 e. The van der Waals surface area contributed by atoms with Gasteiger partial charge in [0.2, 0.25) is 11.8 Å². The first-order valence-corrected chi connectivity index (χ1v) is 17.2. The van der Waals surface area contributed by atoms with Crippen molar-refractivity contribution in [3.8, 4) is 0 Å². The Bertz CT molecular complexity index is 1480. The number of rotatable bonds is 11. The van der Waals surface area contributed by atoms with Crippen LogP contribution in [0.25, 0.3) is 0 Å². The van der Waals surface area contributed by atoms with Gasteiger partial charge in [0, 0.05) is 17.1 Å². The predicted molar refractivity (Wildman–Crippen MR) is 175 cm³/mol. The van der Waals surface area contributed by atoms with Crippen molar-refractivity contribution < 1.29 is 18.0 Å². The molecule has 1 aliphatic carbocycles. The normalized spacial score (nSPS) is 14.7. The molecule has 0 bridgehead atoms. The van der Waals surface area contributed by atoms with E-state index >= 15 is 0 Å². The van der Waals surface area contributed by atoms with Crippen molar-refractivity contribution in [1.82, 2.24) is 10.2 Å². The van der Waals surface area contributed by atoms with Gasteiger partial charge in [-0.25, -0.2) is 8.42 Å². The zero-order valence-corrected chi connectivity index (χ0v) is 27.8. The van der Waals surface area contributed by atoms with Crippen molar-refractivity contribution in [3.63, 3.8) is 0 Å². The van der Waals surface area contributed by atoms with Crippen molar-refractivity contribution in [1.29, 1.82) is 0 Å². The minimum absolute atomic E-state index is 0.0891. The number of benzene rings is 3. The molecule has 4 rings (SSSR count). The number of nitrogens with one attached hydrogen (secondary N) is 1. The van der Waals surface area contributed by atoms with Crippen molar-refractivity contribution in [3.05, 3.63) is 94.0 Å². The van der Waals surface area contributed by atoms with E-state index in [0.29, 0.717) is 5.69 Å². The van der Waals surface area contributed by atoms with E-state index in [-0.39, 0.29) is 29.3 Å². The fourth-order valence-electron chi connectivity index (χ4n) is 5.33. The molecule has 2 amide bonds. The fraction of sp³-hybridized carbons (Fsp3) is 0.412. The minimum atomic E-state index is -4.10. The van der Waals surface area contributed by atoms with Gasteiger partial charge in [0.1, 0.15) is 12.6 Å². The SMILES string of the molecule is Cc1ccc(S(=O)(=O)N(CC(=O)N(Cc2ccc(Br)cc2)C(C)C(=O)NC2CCCCC2)c2ccc(C(C)C)cc2)cc1. The number of hydrogen-bond acceptors (Lipinski definition) is 4. The molecule has 1 saturated carbocycles. The summed E-state index contributed by atoms with van der Waals surface area (Å²) in [7, 11) is -4.10. The summed E-state index contributed by atoms with van der Waals surface area (Å²) in [5, 5.41) is 3.14. The molecule has 1 fully saturated rings. The second kappa shape index (κ2) is 14.5. The highest BCUT2D eigenvalue weighted by Gasteiger charge is 2.33. The van der Waals surface area contributed by atoms with Gasteiger partial charge in [0.25, 0.3) is 10.0 Å². The van der Waals surface area contributed by atoms with Crippen LogP contribution in [0.15, 0.2) is 82.2 Å². The first kappa shape index (κ1) is 32.7. The molecule has 0 saturated heterocycles. The summed E-state index contributed by atoms with van der Waals surface area (Å²) in [4.78, 5) is 29.2. The van der Waals surface area contributed by atoms with Crippen molar-refractivity contribution >= 4 is 43.5 Å². The van der Waals surface area contributed by atoms with E-state index in [0.717, 1.165) is 51.2 Å². The first-order chi connectivity index (χ1) is 20.5. The molecule has 0 aromatic heterocycles. The quantitative estimate of drug-likeness (QED) is 0.240. The molecular formula is C34H42BrN3O4S. The van der Waals surface area contributed by atoms with Gasteiger partial charge < -0.3 is 10.2 Å². The van der Waals surface area contributed by atoms with Gasteiger partial charge in [-0.2, -0.15) is 0 Å². The molecule has 1 N–H and O–H groups in total. The predicted octanol–water partition coefficient (Wildman–Crippen LogP) is 6.94. The maximum Gasteiger partial charge on any atom is 0.264 e. The van der Waals surface area contributed by atoms with Crippen LogP contribution in [-0.2, 0) is 26.2 Å². The molecule has 43 heavy (non-hydrogen) atoms. The molecule has 1 aliphatic rings. The van der Waals surface area contributed by atoms with Gasteiger partial charge in [-0.1, -0.05) is 91.0 Å². The summed E-state index contributed by atoms with van der Waals surface area (Å²) in [6, 6.07) is 20.7. The van der Waals surface area contributed by atoms with E-state index in [1.807, 2.05) is 43.3 Å². The fourth-order valence-corrected chi connectivity index (χ4v) is 7.01. The molecule has 3 aromatic carbocycles. The smallest absolute Gasteiger partial charge is 0.264 e. The number of hydrogen-bond donors (Lipinski definition) is 1. The molecule has 0 radical (unpaired) electrons. The lowest BCUT2D eigenvalue weighted by Crippen LogP contribution is -2.53. The van der Waals surface area contributed by atoms with Gasteiger partial charge >= 0.3 is 0 Å². The number of carbonyl (C=O) groups excluding carboxylic acids is 2. The van der Waals surface area contributed by atoms with Crippen LogP contribution in [0.5, 0.6) is 0 Å². The van der Waals surface area contributed by atoms with Crippen LogP contribution < -0.4 is 9.62 Å². The van der Waals surface area contributed by atoms with E-state index in [2.05, 4.69) is 35.1 Å². The number of sulfonamides is 1. The number of nitrogens with zero attached hydrogens (tertiary/aromatic N) is 2. The zero-order valence-electron chi connectivity index (χ0n) is 25.4. The molecule has 0 heterocycles. The van der Waals surface area contributed by atoms with Gasteiger partial charge in [-0.15, -0.1) is 0 Å². The highest BCUT2D eigenvalue weighted by Crippen LogP contribution is 2.27. The van der Waals surface area contributed by atoms with E-state index in [9.17, 15) is 18.0 Å². The molecule has 9 heteroatoms. The average molecular weight is 669 g/mol. The summed E-state index contributed by atoms with van der Waals surface area (Å²) in [5.41, 5.74) is 3.22. The van der Waals surface area contributed by atoms with Gasteiger partial charge in [-0.3, -0.25) is 13.9 Å². The third-order valence-corrected chi connectivity index (χ3v) is 10.4. The molecule has 1 unspecified atom stereocenters.